The SMILES string of the molecule is CCCc1cc2c(-c3c(OC)c(C(=O)OC)c(OC)c4c(O)c(O)c(CCC)cc34)c(OC)c(C(=O)OC)c(OC)c2c(O)c1O. The number of aryl methyl sites for hydroxylation is 2. The van der Waals surface area contributed by atoms with Crippen LogP contribution >= 0.6 is 0 Å². The van der Waals surface area contributed by atoms with Crippen LogP contribution in [0.2, 0.25) is 0 Å². The molecule has 0 aliphatic rings. The second-order valence-electron chi connectivity index (χ2n) is 10.4. The van der Waals surface area contributed by atoms with Gasteiger partial charge in [-0.05, 0) is 36.1 Å². The van der Waals surface area contributed by atoms with E-state index >= 15 is 0 Å². The van der Waals surface area contributed by atoms with E-state index in [0.717, 1.165) is 14.2 Å². The number of esters is 2. The van der Waals surface area contributed by atoms with Crippen molar-refractivity contribution >= 4 is 33.5 Å². The third kappa shape index (κ3) is 5.03. The van der Waals surface area contributed by atoms with Crippen molar-refractivity contribution in [3.05, 3.63) is 34.4 Å². The highest BCUT2D eigenvalue weighted by Crippen LogP contribution is 2.58. The molecular weight excluding hydrogens is 600 g/mol. The van der Waals surface area contributed by atoms with Gasteiger partial charge in [-0.2, -0.15) is 0 Å². The lowest BCUT2D eigenvalue weighted by Crippen LogP contribution is -2.12. The number of methoxy groups -OCH3 is 6. The van der Waals surface area contributed by atoms with Crippen LogP contribution in [-0.2, 0) is 22.3 Å². The second-order valence-corrected chi connectivity index (χ2v) is 10.4. The third-order valence-corrected chi connectivity index (χ3v) is 7.95. The molecule has 4 N–H and O–H groups in total. The zero-order valence-electron chi connectivity index (χ0n) is 27.0. The van der Waals surface area contributed by atoms with E-state index in [2.05, 4.69) is 0 Å². The number of fused-ring (bicyclic) bond motifs is 2. The molecule has 12 nitrogen and oxygen atoms in total. The zero-order chi connectivity index (χ0) is 34.0. The molecule has 0 amide bonds. The quantitative estimate of drug-likeness (QED) is 0.112. The molecule has 0 atom stereocenters. The van der Waals surface area contributed by atoms with Crippen molar-refractivity contribution in [1.29, 1.82) is 0 Å². The number of carbonyl (C=O) groups excluding carboxylic acids is 2. The van der Waals surface area contributed by atoms with Crippen molar-refractivity contribution in [2.75, 3.05) is 42.7 Å². The number of ether oxygens (including phenoxy) is 6. The Morgan fingerprint density at radius 3 is 1.13 bits per heavy atom. The van der Waals surface area contributed by atoms with E-state index in [1.54, 1.807) is 12.1 Å². The van der Waals surface area contributed by atoms with E-state index in [4.69, 9.17) is 28.4 Å². The summed E-state index contributed by atoms with van der Waals surface area (Å²) in [4.78, 5) is 26.8. The van der Waals surface area contributed by atoms with E-state index in [1.807, 2.05) is 13.8 Å². The fraction of sp³-hybridized carbons (Fsp3) is 0.353. The molecule has 0 spiro atoms. The molecule has 46 heavy (non-hydrogen) atoms. The van der Waals surface area contributed by atoms with Crippen LogP contribution in [0, 0.1) is 0 Å². The molecule has 0 saturated carbocycles. The average Bonchev–Trinajstić information content (AvgIpc) is 3.06. The Balaban J connectivity index is 2.54. The largest absolute Gasteiger partial charge is 0.504 e. The molecular formula is C34H38O12. The van der Waals surface area contributed by atoms with Crippen molar-refractivity contribution < 1.29 is 58.4 Å². The van der Waals surface area contributed by atoms with Crippen molar-refractivity contribution in [1.82, 2.24) is 0 Å². The summed E-state index contributed by atoms with van der Waals surface area (Å²) >= 11 is 0. The maximum atomic E-state index is 13.4. The van der Waals surface area contributed by atoms with E-state index in [0.29, 0.717) is 36.8 Å². The van der Waals surface area contributed by atoms with Gasteiger partial charge in [0.15, 0.2) is 23.0 Å². The minimum absolute atomic E-state index is 0.0570. The summed E-state index contributed by atoms with van der Waals surface area (Å²) in [6.45, 7) is 3.80. The average molecular weight is 639 g/mol. The summed E-state index contributed by atoms with van der Waals surface area (Å²) in [5.74, 6) is -4.21. The lowest BCUT2D eigenvalue weighted by molar-refractivity contribution is 0.0584. The number of carbonyl (C=O) groups is 2. The number of phenols is 4. The van der Waals surface area contributed by atoms with Gasteiger partial charge in [0.25, 0.3) is 0 Å². The van der Waals surface area contributed by atoms with Gasteiger partial charge in [0.2, 0.25) is 0 Å². The van der Waals surface area contributed by atoms with Crippen LogP contribution in [0.4, 0.5) is 0 Å². The summed E-state index contributed by atoms with van der Waals surface area (Å²) in [5, 5.41) is 45.4. The van der Waals surface area contributed by atoms with E-state index in [-0.39, 0.29) is 66.8 Å². The molecule has 4 rings (SSSR count). The molecule has 0 aromatic heterocycles. The number of hydrogen-bond acceptors (Lipinski definition) is 12. The van der Waals surface area contributed by atoms with E-state index in [9.17, 15) is 30.0 Å². The Bertz CT molecular complexity index is 1720. The molecule has 0 fully saturated rings. The highest BCUT2D eigenvalue weighted by molar-refractivity contribution is 6.22. The first-order valence-electron chi connectivity index (χ1n) is 14.5. The Hall–Kier alpha value is -5.26. The summed E-state index contributed by atoms with van der Waals surface area (Å²) in [5.41, 5.74) is 0.509. The standard InChI is InChI=1S/C34H38O12/c1-9-11-15-13-17-19(29(41-3)23(33(39)45-7)31(43-5)21(17)27(37)25(15)35)20-18-14-16(12-10-2)26(36)28(38)22(18)32(44-6)24(30(20)42-4)34(40)46-8/h13-14,35-38H,9-12H2,1-8H3. The maximum absolute atomic E-state index is 13.4. The predicted octanol–water partition coefficient (Wildman–Crippen LogP) is 6.00. The number of rotatable bonds is 11. The summed E-state index contributed by atoms with van der Waals surface area (Å²) in [7, 11) is 7.51. The minimum atomic E-state index is -0.898. The fourth-order valence-electron chi connectivity index (χ4n) is 6.04. The maximum Gasteiger partial charge on any atom is 0.345 e. The van der Waals surface area contributed by atoms with E-state index < -0.39 is 34.9 Å². The Kier molecular flexibility index (Phi) is 9.79. The summed E-state index contributed by atoms with van der Waals surface area (Å²) in [6, 6.07) is 3.24. The normalized spacial score (nSPS) is 11.0. The van der Waals surface area contributed by atoms with Crippen LogP contribution in [0.5, 0.6) is 46.0 Å². The third-order valence-electron chi connectivity index (χ3n) is 7.95. The van der Waals surface area contributed by atoms with Gasteiger partial charge in [0.05, 0.1) is 53.4 Å². The predicted molar refractivity (Wildman–Crippen MR) is 170 cm³/mol. The first kappa shape index (κ1) is 33.6. The summed E-state index contributed by atoms with van der Waals surface area (Å²) < 4.78 is 33.3. The van der Waals surface area contributed by atoms with Gasteiger partial charge in [-0.1, -0.05) is 26.7 Å². The molecule has 0 radical (unpaired) electrons. The first-order chi connectivity index (χ1) is 22.0. The van der Waals surface area contributed by atoms with Crippen LogP contribution in [0.3, 0.4) is 0 Å². The molecule has 4 aromatic rings. The lowest BCUT2D eigenvalue weighted by Gasteiger charge is -2.25. The van der Waals surface area contributed by atoms with Gasteiger partial charge in [-0.25, -0.2) is 9.59 Å². The molecule has 0 unspecified atom stereocenters. The van der Waals surface area contributed by atoms with Gasteiger partial charge in [0, 0.05) is 21.9 Å². The minimum Gasteiger partial charge on any atom is -0.504 e. The molecule has 0 saturated heterocycles. The highest BCUT2D eigenvalue weighted by Gasteiger charge is 2.36. The molecule has 0 heterocycles. The molecule has 0 aliphatic carbocycles. The van der Waals surface area contributed by atoms with Crippen LogP contribution in [0.1, 0.15) is 58.5 Å². The van der Waals surface area contributed by atoms with Gasteiger partial charge in [0.1, 0.15) is 34.1 Å². The van der Waals surface area contributed by atoms with E-state index in [1.165, 1.54) is 28.4 Å². The van der Waals surface area contributed by atoms with Crippen molar-refractivity contribution in [2.45, 2.75) is 39.5 Å². The fourth-order valence-corrected chi connectivity index (χ4v) is 6.04. The number of phenolic OH excluding ortho intramolecular Hbond substituents is 4. The Morgan fingerprint density at radius 2 is 0.870 bits per heavy atom. The van der Waals surface area contributed by atoms with Gasteiger partial charge in [-0.3, -0.25) is 0 Å². The van der Waals surface area contributed by atoms with Gasteiger partial charge < -0.3 is 48.8 Å². The summed E-state index contributed by atoms with van der Waals surface area (Å²) in [6.07, 6.45) is 1.94. The highest BCUT2D eigenvalue weighted by atomic mass is 16.5. The second kappa shape index (κ2) is 13.4. The number of benzene rings is 4. The lowest BCUT2D eigenvalue weighted by atomic mass is 9.85. The monoisotopic (exact) mass is 638 g/mol. The number of hydrogen-bond donors (Lipinski definition) is 4. The smallest absolute Gasteiger partial charge is 0.345 e. The molecule has 12 heteroatoms. The molecule has 0 aliphatic heterocycles. The first-order valence-corrected chi connectivity index (χ1v) is 14.5. The molecule has 246 valence electrons. The Labute approximate surface area is 265 Å². The van der Waals surface area contributed by atoms with Gasteiger partial charge >= 0.3 is 11.9 Å². The van der Waals surface area contributed by atoms with Crippen LogP contribution in [0.25, 0.3) is 32.7 Å². The van der Waals surface area contributed by atoms with Gasteiger partial charge in [-0.15, -0.1) is 0 Å². The molecule has 0 bridgehead atoms. The van der Waals surface area contributed by atoms with Crippen LogP contribution in [-0.4, -0.2) is 75.0 Å². The Morgan fingerprint density at radius 1 is 0.543 bits per heavy atom. The topological polar surface area (TPSA) is 170 Å². The van der Waals surface area contributed by atoms with Crippen molar-refractivity contribution in [2.24, 2.45) is 0 Å². The van der Waals surface area contributed by atoms with Crippen LogP contribution in [0.15, 0.2) is 12.1 Å². The van der Waals surface area contributed by atoms with Crippen molar-refractivity contribution in [3.63, 3.8) is 0 Å². The molecule has 4 aromatic carbocycles. The zero-order valence-corrected chi connectivity index (χ0v) is 27.0. The number of aromatic hydroxyl groups is 4. The van der Waals surface area contributed by atoms with Crippen molar-refractivity contribution in [3.8, 4) is 57.1 Å². The van der Waals surface area contributed by atoms with Crippen LogP contribution < -0.4 is 18.9 Å².